The van der Waals surface area contributed by atoms with Crippen molar-refractivity contribution in [1.82, 2.24) is 10.3 Å². The number of aromatic nitrogens is 1. The third-order valence-electron chi connectivity index (χ3n) is 5.68. The summed E-state index contributed by atoms with van der Waals surface area (Å²) in [5.74, 6) is -0.0970. The number of anilines is 1. The minimum Gasteiger partial charge on any atom is -0.450 e. The Morgan fingerprint density at radius 1 is 1.19 bits per heavy atom. The number of aromatic amines is 1. The molecule has 2 heterocycles. The number of nitrogens with one attached hydrogen (secondary N) is 2. The molecule has 0 spiro atoms. The van der Waals surface area contributed by atoms with E-state index in [9.17, 15) is 14.4 Å². The number of benzene rings is 1. The Kier molecular flexibility index (Phi) is 7.33. The van der Waals surface area contributed by atoms with E-state index in [1.165, 1.54) is 12.3 Å². The summed E-state index contributed by atoms with van der Waals surface area (Å²) in [6.45, 7) is 8.27. The summed E-state index contributed by atoms with van der Waals surface area (Å²) in [6, 6.07) is 9.01. The Labute approximate surface area is 181 Å². The lowest BCUT2D eigenvalue weighted by molar-refractivity contribution is -0.141. The van der Waals surface area contributed by atoms with Gasteiger partial charge >= 0.3 is 12.1 Å². The highest BCUT2D eigenvalue weighted by molar-refractivity contribution is 5.80. The van der Waals surface area contributed by atoms with Gasteiger partial charge in [0, 0.05) is 43.7 Å². The molecule has 1 aliphatic heterocycles. The first-order chi connectivity index (χ1) is 14.9. The first kappa shape index (κ1) is 22.4. The molecule has 1 amide bonds. The first-order valence-corrected chi connectivity index (χ1v) is 10.6. The fraction of sp³-hybridized carbons (Fsp3) is 0.435. The topological polar surface area (TPSA) is 101 Å². The number of ether oxygens (including phenoxy) is 2. The normalized spacial score (nSPS) is 17.5. The van der Waals surface area contributed by atoms with Crippen LogP contribution in [0, 0.1) is 5.92 Å². The molecule has 0 bridgehead atoms. The maximum atomic E-state index is 12.6. The van der Waals surface area contributed by atoms with Gasteiger partial charge in [-0.1, -0.05) is 19.1 Å². The van der Waals surface area contributed by atoms with Gasteiger partial charge in [-0.05, 0) is 43.4 Å². The Hall–Kier alpha value is -3.29. The molecule has 2 aromatic rings. The number of carbonyl (C=O) groups is 2. The number of hydrogen-bond acceptors (Lipinski definition) is 6. The average molecular weight is 428 g/mol. The largest absolute Gasteiger partial charge is 0.450 e. The van der Waals surface area contributed by atoms with E-state index in [4.69, 9.17) is 9.47 Å². The van der Waals surface area contributed by atoms with Crippen LogP contribution in [0.25, 0.3) is 0 Å². The van der Waals surface area contributed by atoms with Crippen LogP contribution in [-0.4, -0.2) is 36.7 Å². The monoisotopic (exact) mass is 427 g/mol. The van der Waals surface area contributed by atoms with Crippen LogP contribution in [0.3, 0.4) is 0 Å². The second-order valence-electron chi connectivity index (χ2n) is 7.55. The quantitative estimate of drug-likeness (QED) is 0.496. The second kappa shape index (κ2) is 10.1. The summed E-state index contributed by atoms with van der Waals surface area (Å²) in [5, 5.41) is 2.62. The van der Waals surface area contributed by atoms with Gasteiger partial charge in [0.25, 0.3) is 0 Å². The molecule has 2 atom stereocenters. The van der Waals surface area contributed by atoms with Crippen molar-refractivity contribution in [2.45, 2.75) is 39.7 Å². The van der Waals surface area contributed by atoms with Crippen molar-refractivity contribution in [1.29, 1.82) is 0 Å². The summed E-state index contributed by atoms with van der Waals surface area (Å²) in [4.78, 5) is 40.3. The number of hydrogen-bond donors (Lipinski definition) is 2. The van der Waals surface area contributed by atoms with Crippen LogP contribution >= 0.6 is 0 Å². The zero-order valence-corrected chi connectivity index (χ0v) is 18.1. The van der Waals surface area contributed by atoms with Crippen LogP contribution < -0.4 is 20.5 Å². The molecule has 0 aliphatic carbocycles. The zero-order valence-electron chi connectivity index (χ0n) is 18.1. The molecule has 1 aromatic heterocycles. The summed E-state index contributed by atoms with van der Waals surface area (Å²) < 4.78 is 10.8. The van der Waals surface area contributed by atoms with E-state index in [-0.39, 0.29) is 36.5 Å². The van der Waals surface area contributed by atoms with Crippen LogP contribution in [0.5, 0.6) is 5.75 Å². The summed E-state index contributed by atoms with van der Waals surface area (Å²) in [7, 11) is 0. The summed E-state index contributed by atoms with van der Waals surface area (Å²) in [6.07, 6.45) is 1.33. The van der Waals surface area contributed by atoms with E-state index in [2.05, 4.69) is 35.1 Å². The lowest BCUT2D eigenvalue weighted by Gasteiger charge is -2.31. The van der Waals surface area contributed by atoms with Crippen LogP contribution in [0.2, 0.25) is 0 Å². The fourth-order valence-electron chi connectivity index (χ4n) is 3.80. The molecule has 31 heavy (non-hydrogen) atoms. The first-order valence-electron chi connectivity index (χ1n) is 10.6. The van der Waals surface area contributed by atoms with Crippen molar-refractivity contribution < 1.29 is 19.1 Å². The molecular formula is C23H29N3O5. The number of nitrogens with zero attached hydrogens (tertiary/aromatic N) is 1. The summed E-state index contributed by atoms with van der Waals surface area (Å²) in [5.41, 5.74) is 2.57. The highest BCUT2D eigenvalue weighted by Crippen LogP contribution is 2.40. The lowest BCUT2D eigenvalue weighted by atomic mass is 9.83. The molecule has 0 saturated carbocycles. The molecule has 0 saturated heterocycles. The molecule has 8 nitrogen and oxygen atoms in total. The van der Waals surface area contributed by atoms with Gasteiger partial charge in [-0.3, -0.25) is 9.59 Å². The van der Waals surface area contributed by atoms with Crippen molar-refractivity contribution >= 4 is 17.7 Å². The van der Waals surface area contributed by atoms with Gasteiger partial charge in [-0.25, -0.2) is 4.79 Å². The molecule has 8 heteroatoms. The maximum absolute atomic E-state index is 12.6. The van der Waals surface area contributed by atoms with Crippen molar-refractivity contribution in [3.05, 3.63) is 58.0 Å². The predicted molar refractivity (Wildman–Crippen MR) is 117 cm³/mol. The number of esters is 1. The smallest absolute Gasteiger partial charge is 0.407 e. The molecule has 2 N–H and O–H groups in total. The molecule has 0 radical (unpaired) electrons. The van der Waals surface area contributed by atoms with Gasteiger partial charge in [-0.2, -0.15) is 0 Å². The molecule has 2 unspecified atom stereocenters. The minimum absolute atomic E-state index is 0.0326. The molecule has 0 fully saturated rings. The number of amides is 1. The number of fused-ring (bicyclic) bond motifs is 1. The van der Waals surface area contributed by atoms with Crippen LogP contribution in [0.1, 0.15) is 44.2 Å². The maximum Gasteiger partial charge on any atom is 0.407 e. The fourth-order valence-corrected chi connectivity index (χ4v) is 3.80. The van der Waals surface area contributed by atoms with Crippen LogP contribution in [0.4, 0.5) is 10.5 Å². The number of rotatable bonds is 8. The minimum atomic E-state index is -0.577. The van der Waals surface area contributed by atoms with Gasteiger partial charge < -0.3 is 24.7 Å². The van der Waals surface area contributed by atoms with Crippen molar-refractivity contribution in [2.24, 2.45) is 5.92 Å². The van der Waals surface area contributed by atoms with E-state index in [1.807, 2.05) is 19.1 Å². The predicted octanol–water partition coefficient (Wildman–Crippen LogP) is 3.18. The third-order valence-corrected chi connectivity index (χ3v) is 5.68. The van der Waals surface area contributed by atoms with E-state index in [1.54, 1.807) is 6.07 Å². The molecule has 166 valence electrons. The van der Waals surface area contributed by atoms with E-state index >= 15 is 0 Å². The van der Waals surface area contributed by atoms with Gasteiger partial charge in [0.1, 0.15) is 5.75 Å². The van der Waals surface area contributed by atoms with Crippen LogP contribution in [-0.2, 0) is 16.1 Å². The van der Waals surface area contributed by atoms with Gasteiger partial charge in [0.05, 0.1) is 12.5 Å². The Balaban J connectivity index is 1.53. The Morgan fingerprint density at radius 3 is 2.65 bits per heavy atom. The lowest BCUT2D eigenvalue weighted by Crippen LogP contribution is -2.32. The van der Waals surface area contributed by atoms with Gasteiger partial charge in [-0.15, -0.1) is 0 Å². The number of pyridine rings is 1. The van der Waals surface area contributed by atoms with Gasteiger partial charge in [0.15, 0.2) is 0 Å². The van der Waals surface area contributed by atoms with Crippen molar-refractivity contribution in [3.63, 3.8) is 0 Å². The number of alkyl carbamates (subject to hydrolysis) is 1. The van der Waals surface area contributed by atoms with Crippen LogP contribution in [0.15, 0.2) is 41.3 Å². The number of carbonyl (C=O) groups excluding carboxylic acids is 2. The van der Waals surface area contributed by atoms with E-state index in [0.29, 0.717) is 12.2 Å². The molecule has 1 aliphatic rings. The number of H-pyrrole nitrogens is 1. The standard InChI is InChI=1S/C23H29N3O5/c1-4-26(5-2)17-7-8-18-15(3)19(22(28)31-20(18)12-17)10-11-30-23(29)25-14-16-6-9-21(27)24-13-16/h6-9,12-13,15,19H,4-5,10-11,14H2,1-3H3,(H,24,27)(H,25,29). The SMILES string of the molecule is CCN(CC)c1ccc2c(c1)OC(=O)C(CCOC(=O)NCc1ccc(=O)[nH]c1)C2C. The third kappa shape index (κ3) is 5.45. The second-order valence-corrected chi connectivity index (χ2v) is 7.55. The van der Waals surface area contributed by atoms with Crippen molar-refractivity contribution in [2.75, 3.05) is 24.6 Å². The molecule has 3 rings (SSSR count). The van der Waals surface area contributed by atoms with E-state index in [0.717, 1.165) is 29.9 Å². The summed E-state index contributed by atoms with van der Waals surface area (Å²) >= 11 is 0. The van der Waals surface area contributed by atoms with Gasteiger partial charge in [0.2, 0.25) is 5.56 Å². The zero-order chi connectivity index (χ0) is 22.4. The Morgan fingerprint density at radius 2 is 1.97 bits per heavy atom. The average Bonchev–Trinajstić information content (AvgIpc) is 2.76. The molecular weight excluding hydrogens is 398 g/mol. The highest BCUT2D eigenvalue weighted by atomic mass is 16.6. The van der Waals surface area contributed by atoms with E-state index < -0.39 is 6.09 Å². The van der Waals surface area contributed by atoms with Crippen molar-refractivity contribution in [3.8, 4) is 5.75 Å². The molecule has 1 aromatic carbocycles. The highest BCUT2D eigenvalue weighted by Gasteiger charge is 2.35. The Bertz CT molecular complexity index is 963.